The summed E-state index contributed by atoms with van der Waals surface area (Å²) in [7, 11) is 0. The molecule has 22 heavy (non-hydrogen) atoms. The summed E-state index contributed by atoms with van der Waals surface area (Å²) < 4.78 is 13.7. The summed E-state index contributed by atoms with van der Waals surface area (Å²) in [6, 6.07) is 11.4. The van der Waals surface area contributed by atoms with Gasteiger partial charge in [-0.1, -0.05) is 31.5 Å². The van der Waals surface area contributed by atoms with E-state index >= 15 is 0 Å². The molecule has 0 atom stereocenters. The molecule has 0 fully saturated rings. The van der Waals surface area contributed by atoms with E-state index < -0.39 is 11.7 Å². The van der Waals surface area contributed by atoms with Crippen molar-refractivity contribution in [1.29, 1.82) is 0 Å². The van der Waals surface area contributed by atoms with Gasteiger partial charge in [-0.25, -0.2) is 4.39 Å². The van der Waals surface area contributed by atoms with Crippen LogP contribution in [0.5, 0.6) is 0 Å². The van der Waals surface area contributed by atoms with Crippen molar-refractivity contribution in [3.05, 3.63) is 58.9 Å². The SMILES string of the molecule is CC(C)CNc1ccc(NC(=O)c2c(F)cccc2Cl)cc1. The number of carbonyl (C=O) groups excluding carboxylic acids is 1. The quantitative estimate of drug-likeness (QED) is 0.831. The van der Waals surface area contributed by atoms with Crippen molar-refractivity contribution in [3.8, 4) is 0 Å². The van der Waals surface area contributed by atoms with Crippen LogP contribution in [0, 0.1) is 11.7 Å². The van der Waals surface area contributed by atoms with Crippen molar-refractivity contribution >= 4 is 28.9 Å². The number of anilines is 2. The summed E-state index contributed by atoms with van der Waals surface area (Å²) in [5.41, 5.74) is 1.40. The Kier molecular flexibility index (Phi) is 5.39. The molecule has 0 aliphatic heterocycles. The highest BCUT2D eigenvalue weighted by Crippen LogP contribution is 2.21. The normalized spacial score (nSPS) is 10.6. The summed E-state index contributed by atoms with van der Waals surface area (Å²) in [6.45, 7) is 5.12. The molecule has 1 amide bonds. The monoisotopic (exact) mass is 320 g/mol. The second-order valence-electron chi connectivity index (χ2n) is 5.40. The second kappa shape index (κ2) is 7.27. The molecular formula is C17H18ClFN2O. The maximum atomic E-state index is 13.7. The van der Waals surface area contributed by atoms with Crippen molar-refractivity contribution in [2.24, 2.45) is 5.92 Å². The number of hydrogen-bond acceptors (Lipinski definition) is 2. The molecule has 116 valence electrons. The third kappa shape index (κ3) is 4.21. The maximum Gasteiger partial charge on any atom is 0.260 e. The summed E-state index contributed by atoms with van der Waals surface area (Å²) >= 11 is 5.88. The Morgan fingerprint density at radius 3 is 2.36 bits per heavy atom. The second-order valence-corrected chi connectivity index (χ2v) is 5.81. The van der Waals surface area contributed by atoms with Crippen molar-refractivity contribution in [2.75, 3.05) is 17.2 Å². The number of amides is 1. The topological polar surface area (TPSA) is 41.1 Å². The molecular weight excluding hydrogens is 303 g/mol. The average molecular weight is 321 g/mol. The van der Waals surface area contributed by atoms with Crippen LogP contribution in [0.1, 0.15) is 24.2 Å². The van der Waals surface area contributed by atoms with E-state index in [0.29, 0.717) is 11.6 Å². The highest BCUT2D eigenvalue weighted by molar-refractivity contribution is 6.34. The molecule has 0 aliphatic rings. The lowest BCUT2D eigenvalue weighted by Gasteiger charge is -2.11. The van der Waals surface area contributed by atoms with Gasteiger partial charge in [0.25, 0.3) is 5.91 Å². The Balaban J connectivity index is 2.06. The van der Waals surface area contributed by atoms with Crippen LogP contribution in [0.2, 0.25) is 5.02 Å². The van der Waals surface area contributed by atoms with Crippen molar-refractivity contribution in [1.82, 2.24) is 0 Å². The highest BCUT2D eigenvalue weighted by Gasteiger charge is 2.15. The first kappa shape index (κ1) is 16.3. The lowest BCUT2D eigenvalue weighted by Crippen LogP contribution is -2.14. The molecule has 2 aromatic carbocycles. The lowest BCUT2D eigenvalue weighted by atomic mass is 10.2. The Bertz CT molecular complexity index is 636. The van der Waals surface area contributed by atoms with Gasteiger partial charge in [-0.2, -0.15) is 0 Å². The van der Waals surface area contributed by atoms with Crippen LogP contribution in [-0.2, 0) is 0 Å². The smallest absolute Gasteiger partial charge is 0.260 e. The Morgan fingerprint density at radius 2 is 1.77 bits per heavy atom. The number of halogens is 2. The minimum absolute atomic E-state index is 0.0905. The van der Waals surface area contributed by atoms with Gasteiger partial charge in [-0.05, 0) is 42.3 Å². The summed E-state index contributed by atoms with van der Waals surface area (Å²) in [4.78, 5) is 12.1. The van der Waals surface area contributed by atoms with Gasteiger partial charge in [-0.15, -0.1) is 0 Å². The van der Waals surface area contributed by atoms with Crippen molar-refractivity contribution < 1.29 is 9.18 Å². The first-order chi connectivity index (χ1) is 10.5. The molecule has 0 bridgehead atoms. The van der Waals surface area contributed by atoms with E-state index in [2.05, 4.69) is 24.5 Å². The van der Waals surface area contributed by atoms with Crippen molar-refractivity contribution in [2.45, 2.75) is 13.8 Å². The van der Waals surface area contributed by atoms with Gasteiger partial charge in [0.1, 0.15) is 5.82 Å². The van der Waals surface area contributed by atoms with E-state index in [9.17, 15) is 9.18 Å². The predicted octanol–water partition coefficient (Wildman–Crippen LogP) is 4.80. The average Bonchev–Trinajstić information content (AvgIpc) is 2.46. The molecule has 0 radical (unpaired) electrons. The zero-order chi connectivity index (χ0) is 16.1. The summed E-state index contributed by atoms with van der Waals surface area (Å²) in [5.74, 6) is -0.659. The Labute approximate surface area is 134 Å². The van der Waals surface area contributed by atoms with Crippen LogP contribution >= 0.6 is 11.6 Å². The molecule has 2 aromatic rings. The molecule has 2 N–H and O–H groups in total. The first-order valence-corrected chi connectivity index (χ1v) is 7.44. The molecule has 0 aromatic heterocycles. The number of hydrogen-bond donors (Lipinski definition) is 2. The molecule has 3 nitrogen and oxygen atoms in total. The summed E-state index contributed by atoms with van der Waals surface area (Å²) in [6.07, 6.45) is 0. The van der Waals surface area contributed by atoms with E-state index in [-0.39, 0.29) is 10.6 Å². The van der Waals surface area contributed by atoms with Gasteiger partial charge in [0.2, 0.25) is 0 Å². The number of carbonyl (C=O) groups is 1. The zero-order valence-corrected chi connectivity index (χ0v) is 13.2. The third-order valence-electron chi connectivity index (χ3n) is 3.05. The number of rotatable bonds is 5. The Hall–Kier alpha value is -2.07. The van der Waals surface area contributed by atoms with E-state index in [1.165, 1.54) is 18.2 Å². The van der Waals surface area contributed by atoms with Gasteiger partial charge < -0.3 is 10.6 Å². The standard InChI is InChI=1S/C17H18ClFN2O/c1-11(2)10-20-12-6-8-13(9-7-12)21-17(22)16-14(18)4-3-5-15(16)19/h3-9,11,20H,10H2,1-2H3,(H,21,22). The molecule has 0 spiro atoms. The largest absolute Gasteiger partial charge is 0.385 e. The van der Waals surface area contributed by atoms with Crippen LogP contribution < -0.4 is 10.6 Å². The molecule has 0 aliphatic carbocycles. The molecule has 0 saturated carbocycles. The van der Waals surface area contributed by atoms with E-state index in [1.54, 1.807) is 12.1 Å². The van der Waals surface area contributed by atoms with E-state index in [1.807, 2.05) is 12.1 Å². The van der Waals surface area contributed by atoms with Crippen LogP contribution in [0.4, 0.5) is 15.8 Å². The zero-order valence-electron chi connectivity index (χ0n) is 12.5. The number of nitrogens with one attached hydrogen (secondary N) is 2. The van der Waals surface area contributed by atoms with E-state index in [0.717, 1.165) is 12.2 Å². The van der Waals surface area contributed by atoms with Crippen LogP contribution in [0.15, 0.2) is 42.5 Å². The molecule has 0 saturated heterocycles. The number of benzene rings is 2. The fourth-order valence-corrected chi connectivity index (χ4v) is 2.15. The lowest BCUT2D eigenvalue weighted by molar-refractivity contribution is 0.102. The maximum absolute atomic E-state index is 13.7. The van der Waals surface area contributed by atoms with Gasteiger partial charge in [0.15, 0.2) is 0 Å². The molecule has 5 heteroatoms. The molecule has 2 rings (SSSR count). The van der Waals surface area contributed by atoms with Gasteiger partial charge in [0, 0.05) is 17.9 Å². The molecule has 0 heterocycles. The molecule has 0 unspecified atom stereocenters. The van der Waals surface area contributed by atoms with Crippen LogP contribution in [0.3, 0.4) is 0 Å². The van der Waals surface area contributed by atoms with Gasteiger partial charge in [-0.3, -0.25) is 4.79 Å². The van der Waals surface area contributed by atoms with Gasteiger partial charge >= 0.3 is 0 Å². The third-order valence-corrected chi connectivity index (χ3v) is 3.36. The minimum Gasteiger partial charge on any atom is -0.385 e. The minimum atomic E-state index is -0.639. The van der Waals surface area contributed by atoms with Crippen molar-refractivity contribution in [3.63, 3.8) is 0 Å². The first-order valence-electron chi connectivity index (χ1n) is 7.06. The van der Waals surface area contributed by atoms with Gasteiger partial charge in [0.05, 0.1) is 10.6 Å². The fraction of sp³-hybridized carbons (Fsp3) is 0.235. The van der Waals surface area contributed by atoms with E-state index in [4.69, 9.17) is 11.6 Å². The van der Waals surface area contributed by atoms with Crippen LogP contribution in [0.25, 0.3) is 0 Å². The predicted molar refractivity (Wildman–Crippen MR) is 89.1 cm³/mol. The fourth-order valence-electron chi connectivity index (χ4n) is 1.90. The Morgan fingerprint density at radius 1 is 1.14 bits per heavy atom. The summed E-state index contributed by atoms with van der Waals surface area (Å²) in [5, 5.41) is 6.01. The highest BCUT2D eigenvalue weighted by atomic mass is 35.5. The van der Waals surface area contributed by atoms with Crippen LogP contribution in [-0.4, -0.2) is 12.5 Å².